The molecule has 1 aromatic carbocycles. The first-order chi connectivity index (χ1) is 7.17. The van der Waals surface area contributed by atoms with Crippen molar-refractivity contribution in [2.45, 2.75) is 12.6 Å². The van der Waals surface area contributed by atoms with Gasteiger partial charge in [0.25, 0.3) is 0 Å². The molecular formula is C11H18N2O2. The topological polar surface area (TPSA) is 69.7 Å². The van der Waals surface area contributed by atoms with Crippen LogP contribution in [0.15, 0.2) is 24.3 Å². The Labute approximate surface area is 89.9 Å². The zero-order valence-corrected chi connectivity index (χ0v) is 8.93. The van der Waals surface area contributed by atoms with Crippen molar-refractivity contribution in [3.8, 4) is 0 Å². The summed E-state index contributed by atoms with van der Waals surface area (Å²) in [6.45, 7) is 0.729. The second kappa shape index (κ2) is 5.70. The number of nitrogens with two attached hydrogens (primary N) is 1. The molecule has 0 heterocycles. The van der Waals surface area contributed by atoms with Crippen molar-refractivity contribution in [1.29, 1.82) is 0 Å². The average molecular weight is 210 g/mol. The Morgan fingerprint density at radius 1 is 1.33 bits per heavy atom. The highest BCUT2D eigenvalue weighted by Gasteiger charge is 2.07. The second-order valence-electron chi connectivity index (χ2n) is 3.59. The van der Waals surface area contributed by atoms with Crippen LogP contribution >= 0.6 is 0 Å². The Balaban J connectivity index is 2.61. The molecule has 1 unspecified atom stereocenters. The van der Waals surface area contributed by atoms with Crippen molar-refractivity contribution < 1.29 is 10.2 Å². The van der Waals surface area contributed by atoms with E-state index in [1.54, 1.807) is 0 Å². The summed E-state index contributed by atoms with van der Waals surface area (Å²) < 4.78 is 0. The van der Waals surface area contributed by atoms with Gasteiger partial charge in [-0.3, -0.25) is 0 Å². The smallest absolute Gasteiger partial charge is 0.0945 e. The number of aliphatic hydroxyl groups excluding tert-OH is 2. The van der Waals surface area contributed by atoms with Crippen LogP contribution in [0.5, 0.6) is 0 Å². The van der Waals surface area contributed by atoms with E-state index in [0.717, 1.165) is 11.3 Å². The zero-order chi connectivity index (χ0) is 11.3. The van der Waals surface area contributed by atoms with E-state index in [0.29, 0.717) is 13.1 Å². The predicted molar refractivity (Wildman–Crippen MR) is 60.7 cm³/mol. The van der Waals surface area contributed by atoms with Gasteiger partial charge in [-0.25, -0.2) is 0 Å². The van der Waals surface area contributed by atoms with E-state index in [2.05, 4.69) is 0 Å². The standard InChI is InChI=1S/C11H18N2O2/c1-13(7-11(15)8-14)10-4-2-9(6-12)3-5-10/h2-5,11,14-15H,6-8,12H2,1H3. The molecule has 0 aliphatic carbocycles. The van der Waals surface area contributed by atoms with Crippen molar-refractivity contribution in [1.82, 2.24) is 0 Å². The molecular weight excluding hydrogens is 192 g/mol. The molecule has 0 spiro atoms. The molecule has 4 heteroatoms. The monoisotopic (exact) mass is 210 g/mol. The highest BCUT2D eigenvalue weighted by molar-refractivity contribution is 5.46. The number of benzene rings is 1. The zero-order valence-electron chi connectivity index (χ0n) is 8.93. The lowest BCUT2D eigenvalue weighted by molar-refractivity contribution is 0.101. The highest BCUT2D eigenvalue weighted by atomic mass is 16.3. The van der Waals surface area contributed by atoms with E-state index >= 15 is 0 Å². The maximum atomic E-state index is 9.28. The average Bonchev–Trinajstić information content (AvgIpc) is 2.29. The first-order valence-electron chi connectivity index (χ1n) is 4.96. The van der Waals surface area contributed by atoms with Crippen molar-refractivity contribution >= 4 is 5.69 Å². The van der Waals surface area contributed by atoms with Gasteiger partial charge in [0.2, 0.25) is 0 Å². The molecule has 0 saturated carbocycles. The quantitative estimate of drug-likeness (QED) is 0.636. The van der Waals surface area contributed by atoms with Gasteiger partial charge in [-0.1, -0.05) is 12.1 Å². The first-order valence-corrected chi connectivity index (χ1v) is 4.96. The molecule has 0 bridgehead atoms. The summed E-state index contributed by atoms with van der Waals surface area (Å²) in [4.78, 5) is 1.89. The molecule has 1 aromatic rings. The fraction of sp³-hybridized carbons (Fsp3) is 0.455. The Hall–Kier alpha value is -1.10. The number of rotatable bonds is 5. The van der Waals surface area contributed by atoms with Gasteiger partial charge in [-0.2, -0.15) is 0 Å². The van der Waals surface area contributed by atoms with E-state index in [-0.39, 0.29) is 6.61 Å². The minimum Gasteiger partial charge on any atom is -0.394 e. The van der Waals surface area contributed by atoms with Gasteiger partial charge in [0.15, 0.2) is 0 Å². The molecule has 0 fully saturated rings. The van der Waals surface area contributed by atoms with Gasteiger partial charge in [-0.15, -0.1) is 0 Å². The molecule has 4 nitrogen and oxygen atoms in total. The third-order valence-corrected chi connectivity index (χ3v) is 2.31. The summed E-state index contributed by atoms with van der Waals surface area (Å²) in [5.74, 6) is 0. The number of anilines is 1. The Kier molecular flexibility index (Phi) is 4.55. The molecule has 4 N–H and O–H groups in total. The summed E-state index contributed by atoms with van der Waals surface area (Å²) >= 11 is 0. The molecule has 0 aromatic heterocycles. The molecule has 1 rings (SSSR count). The fourth-order valence-corrected chi connectivity index (χ4v) is 1.37. The maximum absolute atomic E-state index is 9.28. The third kappa shape index (κ3) is 3.51. The third-order valence-electron chi connectivity index (χ3n) is 2.31. The van der Waals surface area contributed by atoms with E-state index in [9.17, 15) is 5.11 Å². The van der Waals surface area contributed by atoms with E-state index < -0.39 is 6.10 Å². The van der Waals surface area contributed by atoms with Crippen LogP contribution in [0.1, 0.15) is 5.56 Å². The largest absolute Gasteiger partial charge is 0.394 e. The van der Waals surface area contributed by atoms with Crippen molar-refractivity contribution in [2.75, 3.05) is 25.1 Å². The fourth-order valence-electron chi connectivity index (χ4n) is 1.37. The number of hydrogen-bond acceptors (Lipinski definition) is 4. The summed E-state index contributed by atoms with van der Waals surface area (Å²) in [5, 5.41) is 18.0. The second-order valence-corrected chi connectivity index (χ2v) is 3.59. The van der Waals surface area contributed by atoms with E-state index in [1.165, 1.54) is 0 Å². The summed E-state index contributed by atoms with van der Waals surface area (Å²) in [6.07, 6.45) is -0.704. The Bertz CT molecular complexity index is 287. The Morgan fingerprint density at radius 3 is 2.40 bits per heavy atom. The minimum atomic E-state index is -0.704. The molecule has 0 amide bonds. The van der Waals surface area contributed by atoms with Gasteiger partial charge in [0, 0.05) is 25.8 Å². The molecule has 15 heavy (non-hydrogen) atoms. The number of hydrogen-bond donors (Lipinski definition) is 3. The van der Waals surface area contributed by atoms with Gasteiger partial charge in [0.05, 0.1) is 12.7 Å². The molecule has 0 radical (unpaired) electrons. The molecule has 0 aliphatic heterocycles. The lowest BCUT2D eigenvalue weighted by Crippen LogP contribution is -2.31. The SMILES string of the molecule is CN(CC(O)CO)c1ccc(CN)cc1. The number of aliphatic hydroxyl groups is 2. The molecule has 0 saturated heterocycles. The summed E-state index contributed by atoms with van der Waals surface area (Å²) in [6, 6.07) is 7.81. The van der Waals surface area contributed by atoms with Gasteiger partial charge in [0.1, 0.15) is 0 Å². The van der Waals surface area contributed by atoms with Crippen LogP contribution in [0.25, 0.3) is 0 Å². The van der Waals surface area contributed by atoms with Crippen LogP contribution in [-0.4, -0.2) is 36.5 Å². The minimum absolute atomic E-state index is 0.217. The highest BCUT2D eigenvalue weighted by Crippen LogP contribution is 2.13. The molecule has 84 valence electrons. The van der Waals surface area contributed by atoms with Gasteiger partial charge >= 0.3 is 0 Å². The van der Waals surface area contributed by atoms with E-state index in [1.807, 2.05) is 36.2 Å². The van der Waals surface area contributed by atoms with Crippen LogP contribution in [0.3, 0.4) is 0 Å². The van der Waals surface area contributed by atoms with Crippen molar-refractivity contribution in [3.05, 3.63) is 29.8 Å². The lowest BCUT2D eigenvalue weighted by atomic mass is 10.2. The lowest BCUT2D eigenvalue weighted by Gasteiger charge is -2.21. The van der Waals surface area contributed by atoms with Crippen LogP contribution < -0.4 is 10.6 Å². The van der Waals surface area contributed by atoms with Crippen LogP contribution in [0.2, 0.25) is 0 Å². The van der Waals surface area contributed by atoms with Crippen LogP contribution in [0, 0.1) is 0 Å². The molecule has 1 atom stereocenters. The summed E-state index contributed by atoms with van der Waals surface area (Å²) in [5.41, 5.74) is 7.57. The normalized spacial score (nSPS) is 12.5. The number of nitrogens with zero attached hydrogens (tertiary/aromatic N) is 1. The maximum Gasteiger partial charge on any atom is 0.0945 e. The van der Waals surface area contributed by atoms with Gasteiger partial charge in [-0.05, 0) is 17.7 Å². The van der Waals surface area contributed by atoms with Crippen molar-refractivity contribution in [3.63, 3.8) is 0 Å². The molecule has 0 aliphatic rings. The van der Waals surface area contributed by atoms with Gasteiger partial charge < -0.3 is 20.8 Å². The first kappa shape index (κ1) is 12.0. The van der Waals surface area contributed by atoms with Crippen molar-refractivity contribution in [2.24, 2.45) is 5.73 Å². The Morgan fingerprint density at radius 2 is 1.93 bits per heavy atom. The van der Waals surface area contributed by atoms with Crippen LogP contribution in [-0.2, 0) is 6.54 Å². The predicted octanol–water partition coefficient (Wildman–Crippen LogP) is -0.0653. The summed E-state index contributed by atoms with van der Waals surface area (Å²) in [7, 11) is 1.87. The number of likely N-dealkylation sites (N-methyl/N-ethyl adjacent to an activating group) is 1. The van der Waals surface area contributed by atoms with E-state index in [4.69, 9.17) is 10.8 Å². The van der Waals surface area contributed by atoms with Crippen LogP contribution in [0.4, 0.5) is 5.69 Å².